The minimum absolute atomic E-state index is 0.223. The molecule has 2 aromatic heterocycles. The van der Waals surface area contributed by atoms with Crippen LogP contribution in [0.15, 0.2) is 48.9 Å². The Kier molecular flexibility index (Phi) is 6.03. The number of halogens is 3. The number of nitrogens with one attached hydrogen (secondary N) is 1. The SMILES string of the molecule is Cn1cnc(CC(N)=O)c1.Fc1ccc(-c2[nH]c3c(F)cc(F)cc3c2C2CCC2)cc1. The summed E-state index contributed by atoms with van der Waals surface area (Å²) < 4.78 is 42.6. The third-order valence-electron chi connectivity index (χ3n) is 5.62. The summed E-state index contributed by atoms with van der Waals surface area (Å²) in [5, 5.41) is 0.599. The number of benzene rings is 2. The molecule has 32 heavy (non-hydrogen) atoms. The fourth-order valence-corrected chi connectivity index (χ4v) is 3.94. The van der Waals surface area contributed by atoms with Gasteiger partial charge in [-0.05, 0) is 60.2 Å². The maximum atomic E-state index is 14.1. The van der Waals surface area contributed by atoms with E-state index in [1.54, 1.807) is 29.2 Å². The molecule has 5 nitrogen and oxygen atoms in total. The number of hydrogen-bond donors (Lipinski definition) is 2. The van der Waals surface area contributed by atoms with Crippen molar-refractivity contribution in [2.24, 2.45) is 12.8 Å². The van der Waals surface area contributed by atoms with Crippen LogP contribution < -0.4 is 5.73 Å². The molecule has 4 aromatic rings. The molecule has 0 aliphatic heterocycles. The number of carbonyl (C=O) groups excluding carboxylic acids is 1. The van der Waals surface area contributed by atoms with Crippen LogP contribution in [0.25, 0.3) is 22.2 Å². The number of aromatic nitrogens is 3. The number of aryl methyl sites for hydroxylation is 1. The van der Waals surface area contributed by atoms with Gasteiger partial charge in [0.15, 0.2) is 0 Å². The van der Waals surface area contributed by atoms with Gasteiger partial charge in [0.25, 0.3) is 0 Å². The lowest BCUT2D eigenvalue weighted by Gasteiger charge is -2.26. The number of carbonyl (C=O) groups is 1. The zero-order valence-corrected chi connectivity index (χ0v) is 17.5. The van der Waals surface area contributed by atoms with Crippen molar-refractivity contribution in [1.29, 1.82) is 0 Å². The monoisotopic (exact) mass is 440 g/mol. The van der Waals surface area contributed by atoms with E-state index in [-0.39, 0.29) is 18.1 Å². The van der Waals surface area contributed by atoms with Crippen LogP contribution in [0.1, 0.15) is 36.4 Å². The summed E-state index contributed by atoms with van der Waals surface area (Å²) in [6, 6.07) is 8.35. The number of primary amides is 1. The molecule has 166 valence electrons. The first-order valence-electron chi connectivity index (χ1n) is 10.3. The summed E-state index contributed by atoms with van der Waals surface area (Å²) in [6.45, 7) is 0. The maximum absolute atomic E-state index is 14.1. The fourth-order valence-electron chi connectivity index (χ4n) is 3.94. The van der Waals surface area contributed by atoms with Crippen molar-refractivity contribution >= 4 is 16.8 Å². The zero-order valence-electron chi connectivity index (χ0n) is 17.5. The van der Waals surface area contributed by atoms with Gasteiger partial charge in [0.05, 0.1) is 29.7 Å². The number of aromatic amines is 1. The van der Waals surface area contributed by atoms with Crippen LogP contribution in [0.4, 0.5) is 13.2 Å². The third kappa shape index (κ3) is 4.54. The van der Waals surface area contributed by atoms with Crippen LogP contribution in [0.5, 0.6) is 0 Å². The van der Waals surface area contributed by atoms with E-state index in [4.69, 9.17) is 5.73 Å². The van der Waals surface area contributed by atoms with E-state index in [9.17, 15) is 18.0 Å². The Labute approximate surface area is 183 Å². The molecule has 5 rings (SSSR count). The average molecular weight is 440 g/mol. The van der Waals surface area contributed by atoms with Crippen LogP contribution in [-0.2, 0) is 18.3 Å². The van der Waals surface area contributed by atoms with E-state index in [1.165, 1.54) is 18.2 Å². The molecule has 0 spiro atoms. The number of amides is 1. The van der Waals surface area contributed by atoms with Gasteiger partial charge in [-0.3, -0.25) is 4.79 Å². The molecule has 1 fully saturated rings. The fraction of sp³-hybridized carbons (Fsp3) is 0.250. The van der Waals surface area contributed by atoms with Crippen molar-refractivity contribution in [3.63, 3.8) is 0 Å². The van der Waals surface area contributed by atoms with Crippen molar-refractivity contribution in [1.82, 2.24) is 14.5 Å². The van der Waals surface area contributed by atoms with E-state index >= 15 is 0 Å². The van der Waals surface area contributed by atoms with E-state index in [0.717, 1.165) is 47.8 Å². The van der Waals surface area contributed by atoms with Crippen LogP contribution in [-0.4, -0.2) is 20.4 Å². The van der Waals surface area contributed by atoms with Crippen LogP contribution in [0, 0.1) is 17.5 Å². The maximum Gasteiger partial charge on any atom is 0.223 e. The molecule has 0 saturated heterocycles. The second-order valence-corrected chi connectivity index (χ2v) is 8.03. The predicted molar refractivity (Wildman–Crippen MR) is 116 cm³/mol. The summed E-state index contributed by atoms with van der Waals surface area (Å²) >= 11 is 0. The van der Waals surface area contributed by atoms with Gasteiger partial charge in [-0.25, -0.2) is 18.2 Å². The Hall–Kier alpha value is -3.55. The Morgan fingerprint density at radius 3 is 2.44 bits per heavy atom. The molecule has 3 N–H and O–H groups in total. The summed E-state index contributed by atoms with van der Waals surface area (Å²) in [5.41, 5.74) is 8.49. The summed E-state index contributed by atoms with van der Waals surface area (Å²) in [7, 11) is 1.84. The highest BCUT2D eigenvalue weighted by Crippen LogP contribution is 2.45. The predicted octanol–water partition coefficient (Wildman–Crippen LogP) is 4.97. The molecule has 1 aliphatic rings. The first-order chi connectivity index (χ1) is 15.3. The van der Waals surface area contributed by atoms with Crippen molar-refractivity contribution in [3.8, 4) is 11.3 Å². The van der Waals surface area contributed by atoms with E-state index < -0.39 is 11.6 Å². The minimum atomic E-state index is -0.594. The number of hydrogen-bond acceptors (Lipinski definition) is 2. The lowest BCUT2D eigenvalue weighted by atomic mass is 9.78. The first kappa shape index (κ1) is 21.7. The quantitative estimate of drug-likeness (QED) is 0.470. The molecular formula is C24H23F3N4O. The normalized spacial score (nSPS) is 13.5. The van der Waals surface area contributed by atoms with Crippen molar-refractivity contribution in [3.05, 3.63) is 77.6 Å². The molecular weight excluding hydrogens is 417 g/mol. The van der Waals surface area contributed by atoms with E-state index in [0.29, 0.717) is 16.8 Å². The van der Waals surface area contributed by atoms with Crippen molar-refractivity contribution < 1.29 is 18.0 Å². The Balaban J connectivity index is 0.000000207. The third-order valence-corrected chi connectivity index (χ3v) is 5.62. The van der Waals surface area contributed by atoms with Gasteiger partial charge >= 0.3 is 0 Å². The average Bonchev–Trinajstić information content (AvgIpc) is 3.25. The summed E-state index contributed by atoms with van der Waals surface area (Å²) in [6.07, 6.45) is 6.78. The van der Waals surface area contributed by atoms with Crippen LogP contribution in [0.2, 0.25) is 0 Å². The van der Waals surface area contributed by atoms with Gasteiger partial charge in [-0.15, -0.1) is 0 Å². The second kappa shape index (κ2) is 8.90. The lowest BCUT2D eigenvalue weighted by molar-refractivity contribution is -0.117. The molecule has 1 amide bonds. The molecule has 0 bridgehead atoms. The van der Waals surface area contributed by atoms with Gasteiger partial charge in [0.1, 0.15) is 17.5 Å². The standard InChI is InChI=1S/C18H14F3N.C6H9N3O/c19-12-6-4-11(5-7-12)17-16(10-2-1-3-10)14-8-13(20)9-15(21)18(14)22-17;1-9-3-5(8-4-9)2-6(7)10/h4-10,22H,1-3H2;3-4H,2H2,1H3,(H2,7,10). The largest absolute Gasteiger partial charge is 0.369 e. The molecule has 2 aromatic carbocycles. The number of rotatable bonds is 4. The highest BCUT2D eigenvalue weighted by Gasteiger charge is 2.27. The summed E-state index contributed by atoms with van der Waals surface area (Å²) in [4.78, 5) is 17.3. The lowest BCUT2D eigenvalue weighted by Crippen LogP contribution is -2.13. The summed E-state index contributed by atoms with van der Waals surface area (Å²) in [5.74, 6) is -1.53. The molecule has 0 atom stereocenters. The van der Waals surface area contributed by atoms with Crippen molar-refractivity contribution in [2.75, 3.05) is 0 Å². The van der Waals surface area contributed by atoms with Gasteiger partial charge < -0.3 is 15.3 Å². The number of fused-ring (bicyclic) bond motifs is 1. The Morgan fingerprint density at radius 2 is 1.88 bits per heavy atom. The number of imidazole rings is 1. The number of H-pyrrole nitrogens is 1. The number of nitrogens with two attached hydrogens (primary N) is 1. The van der Waals surface area contributed by atoms with Crippen LogP contribution >= 0.6 is 0 Å². The minimum Gasteiger partial charge on any atom is -0.369 e. The molecule has 0 radical (unpaired) electrons. The van der Waals surface area contributed by atoms with Crippen molar-refractivity contribution in [2.45, 2.75) is 31.6 Å². The molecule has 8 heteroatoms. The first-order valence-corrected chi connectivity index (χ1v) is 10.3. The van der Waals surface area contributed by atoms with Crippen LogP contribution in [0.3, 0.4) is 0 Å². The van der Waals surface area contributed by atoms with E-state index in [2.05, 4.69) is 9.97 Å². The van der Waals surface area contributed by atoms with E-state index in [1.807, 2.05) is 7.05 Å². The van der Waals surface area contributed by atoms with Gasteiger partial charge in [0, 0.05) is 24.7 Å². The molecule has 0 unspecified atom stereocenters. The van der Waals surface area contributed by atoms with Gasteiger partial charge in [-0.1, -0.05) is 6.42 Å². The van der Waals surface area contributed by atoms with Gasteiger partial charge in [-0.2, -0.15) is 0 Å². The Morgan fingerprint density at radius 1 is 1.16 bits per heavy atom. The van der Waals surface area contributed by atoms with Gasteiger partial charge in [0.2, 0.25) is 5.91 Å². The molecule has 1 aliphatic carbocycles. The zero-order chi connectivity index (χ0) is 22.8. The highest BCUT2D eigenvalue weighted by atomic mass is 19.1. The topological polar surface area (TPSA) is 76.7 Å². The second-order valence-electron chi connectivity index (χ2n) is 8.03. The number of nitrogens with zero attached hydrogens (tertiary/aromatic N) is 2. The smallest absolute Gasteiger partial charge is 0.223 e. The Bertz CT molecular complexity index is 1260. The molecule has 1 saturated carbocycles. The molecule has 2 heterocycles. The highest BCUT2D eigenvalue weighted by molar-refractivity contribution is 5.92.